The number of hydrogen-bond donors (Lipinski definition) is 0. The van der Waals surface area contributed by atoms with Crippen LogP contribution in [0.15, 0.2) is 42.5 Å². The fourth-order valence-electron chi connectivity index (χ4n) is 3.19. The molecule has 0 spiro atoms. The van der Waals surface area contributed by atoms with Crippen molar-refractivity contribution >= 4 is 11.6 Å². The number of rotatable bonds is 5. The van der Waals surface area contributed by atoms with Crippen molar-refractivity contribution in [2.45, 2.75) is 0 Å². The third kappa shape index (κ3) is 3.54. The summed E-state index contributed by atoms with van der Waals surface area (Å²) in [6.07, 6.45) is 0. The van der Waals surface area contributed by atoms with E-state index in [0.717, 1.165) is 30.3 Å². The SMILES string of the molecule is COc1ccc(OC)c(N2CCN(C(=O)c3ccccc3OC)CC2)c1. The minimum atomic E-state index is -0.000271. The largest absolute Gasteiger partial charge is 0.497 e. The maximum Gasteiger partial charge on any atom is 0.257 e. The van der Waals surface area contributed by atoms with E-state index < -0.39 is 0 Å². The number of ether oxygens (including phenoxy) is 3. The van der Waals surface area contributed by atoms with Gasteiger partial charge in [-0.25, -0.2) is 0 Å². The molecule has 0 radical (unpaired) electrons. The summed E-state index contributed by atoms with van der Waals surface area (Å²) in [5.41, 5.74) is 1.58. The average Bonchev–Trinajstić information content (AvgIpc) is 2.72. The van der Waals surface area contributed by atoms with Crippen LogP contribution < -0.4 is 19.1 Å². The van der Waals surface area contributed by atoms with Crippen LogP contribution in [-0.4, -0.2) is 58.3 Å². The number of amides is 1. The maximum absolute atomic E-state index is 12.8. The molecule has 1 amide bonds. The smallest absolute Gasteiger partial charge is 0.257 e. The fourth-order valence-corrected chi connectivity index (χ4v) is 3.19. The van der Waals surface area contributed by atoms with Crippen LogP contribution in [0.1, 0.15) is 10.4 Å². The Labute approximate surface area is 153 Å². The molecular formula is C20H24N2O4. The maximum atomic E-state index is 12.8. The molecule has 1 heterocycles. The second-order valence-corrected chi connectivity index (χ2v) is 6.02. The first-order chi connectivity index (χ1) is 12.7. The van der Waals surface area contributed by atoms with Gasteiger partial charge in [-0.3, -0.25) is 4.79 Å². The van der Waals surface area contributed by atoms with E-state index in [-0.39, 0.29) is 5.91 Å². The van der Waals surface area contributed by atoms with Crippen LogP contribution in [0, 0.1) is 0 Å². The summed E-state index contributed by atoms with van der Waals surface area (Å²) < 4.78 is 16.1. The van der Waals surface area contributed by atoms with Crippen LogP contribution in [0.3, 0.4) is 0 Å². The van der Waals surface area contributed by atoms with Crippen molar-refractivity contribution in [1.82, 2.24) is 4.90 Å². The lowest BCUT2D eigenvalue weighted by Crippen LogP contribution is -2.49. The first kappa shape index (κ1) is 17.9. The van der Waals surface area contributed by atoms with Gasteiger partial charge in [-0.15, -0.1) is 0 Å². The standard InChI is InChI=1S/C20H24N2O4/c1-24-15-8-9-19(26-3)17(14-15)21-10-12-22(13-11-21)20(23)16-6-4-5-7-18(16)25-2/h4-9,14H,10-13H2,1-3H3. The van der Waals surface area contributed by atoms with Crippen molar-refractivity contribution in [3.05, 3.63) is 48.0 Å². The predicted molar refractivity (Wildman–Crippen MR) is 101 cm³/mol. The summed E-state index contributed by atoms with van der Waals surface area (Å²) in [5.74, 6) is 2.19. The van der Waals surface area contributed by atoms with Gasteiger partial charge in [-0.05, 0) is 24.3 Å². The molecule has 1 aliphatic rings. The number of benzene rings is 2. The lowest BCUT2D eigenvalue weighted by atomic mass is 10.1. The zero-order chi connectivity index (χ0) is 18.5. The molecule has 2 aromatic carbocycles. The van der Waals surface area contributed by atoms with E-state index in [1.165, 1.54) is 0 Å². The third-order valence-electron chi connectivity index (χ3n) is 4.63. The van der Waals surface area contributed by atoms with Gasteiger partial charge in [-0.1, -0.05) is 12.1 Å². The van der Waals surface area contributed by atoms with E-state index in [0.29, 0.717) is 24.4 Å². The number of hydrogen-bond acceptors (Lipinski definition) is 5. The molecule has 138 valence electrons. The van der Waals surface area contributed by atoms with E-state index in [4.69, 9.17) is 14.2 Å². The summed E-state index contributed by atoms with van der Waals surface area (Å²) in [6, 6.07) is 13.1. The Morgan fingerprint density at radius 1 is 0.846 bits per heavy atom. The van der Waals surface area contributed by atoms with E-state index >= 15 is 0 Å². The normalized spacial score (nSPS) is 14.1. The highest BCUT2D eigenvalue weighted by molar-refractivity contribution is 5.97. The summed E-state index contributed by atoms with van der Waals surface area (Å²) >= 11 is 0. The molecule has 0 aliphatic carbocycles. The van der Waals surface area contributed by atoms with Gasteiger partial charge in [0.2, 0.25) is 0 Å². The van der Waals surface area contributed by atoms with Gasteiger partial charge >= 0.3 is 0 Å². The Morgan fingerprint density at radius 2 is 1.54 bits per heavy atom. The first-order valence-electron chi connectivity index (χ1n) is 8.57. The zero-order valence-corrected chi connectivity index (χ0v) is 15.4. The number of nitrogens with zero attached hydrogens (tertiary/aromatic N) is 2. The molecule has 0 aromatic heterocycles. The van der Waals surface area contributed by atoms with Crippen LogP contribution >= 0.6 is 0 Å². The molecule has 1 saturated heterocycles. The molecule has 0 bridgehead atoms. The molecule has 1 fully saturated rings. The second kappa shape index (κ2) is 7.99. The van der Waals surface area contributed by atoms with Gasteiger partial charge in [0.25, 0.3) is 5.91 Å². The molecule has 6 heteroatoms. The van der Waals surface area contributed by atoms with Crippen LogP contribution in [0.5, 0.6) is 17.2 Å². The molecule has 26 heavy (non-hydrogen) atoms. The van der Waals surface area contributed by atoms with Gasteiger partial charge in [0, 0.05) is 32.2 Å². The van der Waals surface area contributed by atoms with Gasteiger partial charge in [0.05, 0.1) is 32.6 Å². The number of carbonyl (C=O) groups excluding carboxylic acids is 1. The number of methoxy groups -OCH3 is 3. The molecule has 0 unspecified atom stereocenters. The summed E-state index contributed by atoms with van der Waals surface area (Å²) in [5, 5.41) is 0. The highest BCUT2D eigenvalue weighted by Crippen LogP contribution is 2.33. The number of para-hydroxylation sites is 1. The topological polar surface area (TPSA) is 51.2 Å². The van der Waals surface area contributed by atoms with E-state index in [1.807, 2.05) is 41.3 Å². The van der Waals surface area contributed by atoms with Crippen molar-refractivity contribution in [2.75, 3.05) is 52.4 Å². The molecule has 0 N–H and O–H groups in total. The van der Waals surface area contributed by atoms with Crippen LogP contribution in [0.4, 0.5) is 5.69 Å². The first-order valence-corrected chi connectivity index (χ1v) is 8.57. The Bertz CT molecular complexity index is 770. The zero-order valence-electron chi connectivity index (χ0n) is 15.4. The summed E-state index contributed by atoms with van der Waals surface area (Å²) in [7, 11) is 4.89. The van der Waals surface area contributed by atoms with E-state index in [9.17, 15) is 4.79 Å². The molecule has 2 aromatic rings. The third-order valence-corrected chi connectivity index (χ3v) is 4.63. The average molecular weight is 356 g/mol. The summed E-state index contributed by atoms with van der Waals surface area (Å²) in [6.45, 7) is 2.73. The van der Waals surface area contributed by atoms with E-state index in [1.54, 1.807) is 27.4 Å². The molecule has 6 nitrogen and oxygen atoms in total. The van der Waals surface area contributed by atoms with Crippen LogP contribution in [-0.2, 0) is 0 Å². The monoisotopic (exact) mass is 356 g/mol. The number of carbonyl (C=O) groups is 1. The molecule has 0 atom stereocenters. The number of anilines is 1. The van der Waals surface area contributed by atoms with Crippen LogP contribution in [0.2, 0.25) is 0 Å². The Kier molecular flexibility index (Phi) is 5.51. The molecule has 1 aliphatic heterocycles. The fraction of sp³-hybridized carbons (Fsp3) is 0.350. The van der Waals surface area contributed by atoms with Crippen LogP contribution in [0.25, 0.3) is 0 Å². The number of piperazine rings is 1. The highest BCUT2D eigenvalue weighted by Gasteiger charge is 2.25. The van der Waals surface area contributed by atoms with Gasteiger partial charge in [0.1, 0.15) is 17.2 Å². The predicted octanol–water partition coefficient (Wildman–Crippen LogP) is 2.67. The van der Waals surface area contributed by atoms with E-state index in [2.05, 4.69) is 4.90 Å². The van der Waals surface area contributed by atoms with Crippen molar-refractivity contribution < 1.29 is 19.0 Å². The van der Waals surface area contributed by atoms with Crippen molar-refractivity contribution in [2.24, 2.45) is 0 Å². The molecular weight excluding hydrogens is 332 g/mol. The highest BCUT2D eigenvalue weighted by atomic mass is 16.5. The van der Waals surface area contributed by atoms with Crippen molar-refractivity contribution in [3.63, 3.8) is 0 Å². The lowest BCUT2D eigenvalue weighted by molar-refractivity contribution is 0.0743. The Hall–Kier alpha value is -2.89. The summed E-state index contributed by atoms with van der Waals surface area (Å²) in [4.78, 5) is 16.9. The molecule has 3 rings (SSSR count). The van der Waals surface area contributed by atoms with Gasteiger partial charge < -0.3 is 24.0 Å². The van der Waals surface area contributed by atoms with Crippen molar-refractivity contribution in [1.29, 1.82) is 0 Å². The minimum absolute atomic E-state index is 0.000271. The van der Waals surface area contributed by atoms with Gasteiger partial charge in [-0.2, -0.15) is 0 Å². The Balaban J connectivity index is 1.72. The Morgan fingerprint density at radius 3 is 2.19 bits per heavy atom. The van der Waals surface area contributed by atoms with Crippen molar-refractivity contribution in [3.8, 4) is 17.2 Å². The second-order valence-electron chi connectivity index (χ2n) is 6.02. The quantitative estimate of drug-likeness (QED) is 0.824. The lowest BCUT2D eigenvalue weighted by Gasteiger charge is -2.36. The minimum Gasteiger partial charge on any atom is -0.497 e. The van der Waals surface area contributed by atoms with Gasteiger partial charge in [0.15, 0.2) is 0 Å². The molecule has 0 saturated carbocycles.